The Hall–Kier alpha value is -4.96. The lowest BCUT2D eigenvalue weighted by atomic mass is 10.1. The predicted molar refractivity (Wildman–Crippen MR) is 126 cm³/mol. The fourth-order valence-corrected chi connectivity index (χ4v) is 5.37. The number of anilines is 2. The van der Waals surface area contributed by atoms with Crippen LogP contribution in [0.4, 0.5) is 26.7 Å². The van der Waals surface area contributed by atoms with Crippen molar-refractivity contribution in [2.45, 2.75) is 24.5 Å². The fraction of sp³-hybridized carbons (Fsp3) is 0.200. The van der Waals surface area contributed by atoms with E-state index in [1.165, 1.54) is 0 Å². The molecule has 3 saturated heterocycles. The number of fused-ring (bicyclic) bond motifs is 6. The number of nitrogens with one attached hydrogen (secondary N) is 1. The molecule has 35 heavy (non-hydrogen) atoms. The molecule has 0 radical (unpaired) electrons. The van der Waals surface area contributed by atoms with Gasteiger partial charge in [-0.15, -0.1) is 0 Å². The smallest absolute Gasteiger partial charge is 0.317 e. The van der Waals surface area contributed by atoms with Gasteiger partial charge in [-0.1, -0.05) is 12.1 Å². The maximum absolute atomic E-state index is 13.6. The third-order valence-corrected chi connectivity index (χ3v) is 6.88. The van der Waals surface area contributed by atoms with Crippen LogP contribution in [0, 0.1) is 17.9 Å². The summed E-state index contributed by atoms with van der Waals surface area (Å²) in [6, 6.07) is 13.0. The van der Waals surface area contributed by atoms with Crippen molar-refractivity contribution in [3.8, 4) is 6.07 Å². The fourth-order valence-electron chi connectivity index (χ4n) is 5.37. The number of piperazine rings is 1. The molecular formula is C25H17N7O3. The Morgan fingerprint density at radius 3 is 2.71 bits per heavy atom. The summed E-state index contributed by atoms with van der Waals surface area (Å²) >= 11 is 0. The van der Waals surface area contributed by atoms with Gasteiger partial charge >= 0.3 is 12.1 Å². The highest BCUT2D eigenvalue weighted by atomic mass is 16.2. The average molecular weight is 463 g/mol. The van der Waals surface area contributed by atoms with Gasteiger partial charge in [0.25, 0.3) is 5.91 Å². The number of nitrogens with zero attached hydrogens (tertiary/aromatic N) is 6. The van der Waals surface area contributed by atoms with Crippen LogP contribution in [-0.4, -0.2) is 57.4 Å². The molecule has 3 aliphatic rings. The molecule has 2 aromatic carbocycles. The number of benzene rings is 2. The zero-order chi connectivity index (χ0) is 24.3. The van der Waals surface area contributed by atoms with Crippen molar-refractivity contribution in [3.05, 3.63) is 71.7 Å². The summed E-state index contributed by atoms with van der Waals surface area (Å²) < 4.78 is 0. The van der Waals surface area contributed by atoms with Crippen molar-refractivity contribution in [2.75, 3.05) is 16.8 Å². The van der Waals surface area contributed by atoms with Crippen LogP contribution in [0.1, 0.15) is 12.0 Å². The quantitative estimate of drug-likeness (QED) is 0.462. The number of hydrogen-bond acceptors (Lipinski definition) is 5. The maximum atomic E-state index is 13.6. The van der Waals surface area contributed by atoms with Gasteiger partial charge in [-0.3, -0.25) is 9.78 Å². The third kappa shape index (κ3) is 2.94. The molecule has 3 unspecified atom stereocenters. The number of imide groups is 1. The van der Waals surface area contributed by atoms with Crippen LogP contribution in [-0.2, 0) is 4.79 Å². The van der Waals surface area contributed by atoms with Crippen molar-refractivity contribution in [2.24, 2.45) is 0 Å². The minimum Gasteiger partial charge on any atom is -0.317 e. The van der Waals surface area contributed by atoms with Crippen molar-refractivity contribution in [1.29, 1.82) is 5.26 Å². The number of urea groups is 2. The first-order chi connectivity index (χ1) is 17.0. The summed E-state index contributed by atoms with van der Waals surface area (Å²) in [7, 11) is 0. The minimum atomic E-state index is -0.765. The monoisotopic (exact) mass is 463 g/mol. The van der Waals surface area contributed by atoms with Crippen LogP contribution < -0.4 is 10.2 Å². The number of pyridine rings is 1. The van der Waals surface area contributed by atoms with E-state index in [-0.39, 0.29) is 12.1 Å². The summed E-state index contributed by atoms with van der Waals surface area (Å²) in [6.45, 7) is 7.37. The molecule has 2 bridgehead atoms. The molecule has 10 heteroatoms. The number of likely N-dealkylation sites (tertiary alicyclic amines) is 1. The Morgan fingerprint density at radius 2 is 1.97 bits per heavy atom. The van der Waals surface area contributed by atoms with E-state index < -0.39 is 24.0 Å². The van der Waals surface area contributed by atoms with Crippen LogP contribution in [0.25, 0.3) is 15.7 Å². The highest BCUT2D eigenvalue weighted by Crippen LogP contribution is 2.43. The largest absolute Gasteiger partial charge is 0.332 e. The van der Waals surface area contributed by atoms with Crippen molar-refractivity contribution in [3.63, 3.8) is 0 Å². The second kappa shape index (κ2) is 7.54. The molecule has 3 aromatic rings. The van der Waals surface area contributed by atoms with Gasteiger partial charge in [-0.05, 0) is 42.8 Å². The number of hydrogen-bond donors (Lipinski definition) is 1. The number of rotatable bonds is 2. The van der Waals surface area contributed by atoms with Crippen LogP contribution in [0.3, 0.4) is 0 Å². The predicted octanol–water partition coefficient (Wildman–Crippen LogP) is 3.48. The maximum Gasteiger partial charge on any atom is 0.332 e. The van der Waals surface area contributed by atoms with E-state index in [9.17, 15) is 19.6 Å². The minimum absolute atomic E-state index is 0.260. The second-order valence-electron chi connectivity index (χ2n) is 8.65. The van der Waals surface area contributed by atoms with Gasteiger partial charge in [0, 0.05) is 23.8 Å². The van der Waals surface area contributed by atoms with Crippen molar-refractivity contribution < 1.29 is 14.4 Å². The zero-order valence-corrected chi connectivity index (χ0v) is 18.3. The van der Waals surface area contributed by atoms with Crippen LogP contribution >= 0.6 is 0 Å². The third-order valence-electron chi connectivity index (χ3n) is 6.88. The molecule has 3 aliphatic heterocycles. The highest BCUT2D eigenvalue weighted by molar-refractivity contribution is 6.25. The second-order valence-corrected chi connectivity index (χ2v) is 8.65. The lowest BCUT2D eigenvalue weighted by molar-refractivity contribution is -0.120. The molecule has 170 valence electrons. The number of aromatic nitrogens is 1. The molecule has 0 aliphatic carbocycles. The van der Waals surface area contributed by atoms with Crippen molar-refractivity contribution >= 4 is 45.9 Å². The Labute approximate surface area is 199 Å². The van der Waals surface area contributed by atoms with E-state index >= 15 is 0 Å². The summed E-state index contributed by atoms with van der Waals surface area (Å²) in [5, 5.41) is 12.8. The van der Waals surface area contributed by atoms with Gasteiger partial charge < -0.3 is 15.1 Å². The lowest BCUT2D eigenvalue weighted by Gasteiger charge is -2.34. The molecule has 1 N–H and O–H groups in total. The zero-order valence-electron chi connectivity index (χ0n) is 18.3. The lowest BCUT2D eigenvalue weighted by Crippen LogP contribution is -2.55. The van der Waals surface area contributed by atoms with E-state index in [1.54, 1.807) is 64.5 Å². The molecule has 6 rings (SSSR count). The molecule has 0 spiro atoms. The first kappa shape index (κ1) is 20.6. The van der Waals surface area contributed by atoms with Gasteiger partial charge in [-0.2, -0.15) is 5.26 Å². The first-order valence-corrected chi connectivity index (χ1v) is 11.0. The van der Waals surface area contributed by atoms with Gasteiger partial charge in [0.05, 0.1) is 35.4 Å². The Morgan fingerprint density at radius 1 is 1.17 bits per heavy atom. The molecule has 0 saturated carbocycles. The summed E-state index contributed by atoms with van der Waals surface area (Å²) in [6.07, 6.45) is 2.10. The highest BCUT2D eigenvalue weighted by Gasteiger charge is 2.63. The number of carbonyl (C=O) groups is 3. The standard InChI is InChI=1S/C25H17N7O3/c1-27-15-5-7-16(8-6-15)29-24(34)30-13-17-11-20(30)22-23(33)32(25(35)31(17)22)19-9-4-14(12-26)21-18(19)3-2-10-28-21/h2-10,17,20,22H,11,13H2,(H,29,34). The number of amides is 5. The van der Waals surface area contributed by atoms with E-state index in [4.69, 9.17) is 6.57 Å². The Kier molecular flexibility index (Phi) is 4.44. The van der Waals surface area contributed by atoms with Crippen molar-refractivity contribution in [1.82, 2.24) is 14.8 Å². The molecule has 3 atom stereocenters. The van der Waals surface area contributed by atoms with E-state index in [0.717, 1.165) is 4.90 Å². The molecular weight excluding hydrogens is 446 g/mol. The molecule has 1 aromatic heterocycles. The number of nitriles is 1. The first-order valence-electron chi connectivity index (χ1n) is 11.0. The summed E-state index contributed by atoms with van der Waals surface area (Å²) in [4.78, 5) is 52.0. The van der Waals surface area contributed by atoms with Gasteiger partial charge in [-0.25, -0.2) is 19.3 Å². The van der Waals surface area contributed by atoms with Crippen LogP contribution in [0.15, 0.2) is 54.7 Å². The van der Waals surface area contributed by atoms with Gasteiger partial charge in [0.1, 0.15) is 12.1 Å². The molecule has 3 fully saturated rings. The van der Waals surface area contributed by atoms with Crippen LogP contribution in [0.5, 0.6) is 0 Å². The average Bonchev–Trinajstić information content (AvgIpc) is 3.55. The molecule has 4 heterocycles. The summed E-state index contributed by atoms with van der Waals surface area (Å²) in [5.74, 6) is -0.392. The van der Waals surface area contributed by atoms with E-state index in [1.807, 2.05) is 0 Å². The SMILES string of the molecule is [C-]#[N+]c1ccc(NC(=O)N2CC3CC2C2C(=O)N(c4ccc(C#N)c5ncccc45)C(=O)N32)cc1. The topological polar surface area (TPSA) is 114 Å². The Balaban J connectivity index is 1.29. The normalized spacial score (nSPS) is 22.3. The Bertz CT molecular complexity index is 1500. The van der Waals surface area contributed by atoms with E-state index in [0.29, 0.717) is 46.5 Å². The van der Waals surface area contributed by atoms with Gasteiger partial charge in [0.15, 0.2) is 5.69 Å². The summed E-state index contributed by atoms with van der Waals surface area (Å²) in [5.41, 5.74) is 2.19. The number of carbonyl (C=O) groups excluding carboxylic acids is 3. The van der Waals surface area contributed by atoms with E-state index in [2.05, 4.69) is 21.2 Å². The molecule has 10 nitrogen and oxygen atoms in total. The molecule has 5 amide bonds. The van der Waals surface area contributed by atoms with Crippen LogP contribution in [0.2, 0.25) is 0 Å². The van der Waals surface area contributed by atoms with Gasteiger partial charge in [0.2, 0.25) is 0 Å².